The van der Waals surface area contributed by atoms with E-state index in [9.17, 15) is 14.4 Å². The van der Waals surface area contributed by atoms with E-state index in [2.05, 4.69) is 33.0 Å². The van der Waals surface area contributed by atoms with Crippen molar-refractivity contribution in [3.8, 4) is 11.5 Å². The molecule has 6 heteroatoms. The Bertz CT molecular complexity index is 1220. The molecule has 1 N–H and O–H groups in total. The Labute approximate surface area is 239 Å². The highest BCUT2D eigenvalue weighted by molar-refractivity contribution is 6.12. The molecule has 2 atom stereocenters. The quantitative estimate of drug-likeness (QED) is 0.138. The summed E-state index contributed by atoms with van der Waals surface area (Å²) in [6, 6.07) is 11.1. The second kappa shape index (κ2) is 13.5. The standard InChI is InChI=1S/C34H45NO5/c1-5-7-9-11-13-18-29(36)35-34-26-21-20-24(23(3)4)22-28(26)40-33(34)31-25(32(34)38)16-15-17-27(31)39-30(37)19-14-12-10-8-6-2/h15-17,20-23,33H,5-14,18-19H2,1-4H3,(H,35,36). The zero-order valence-corrected chi connectivity index (χ0v) is 24.6. The number of ether oxygens (including phenoxy) is 2. The molecule has 0 spiro atoms. The fraction of sp³-hybridized carbons (Fsp3) is 0.559. The van der Waals surface area contributed by atoms with Crippen LogP contribution in [0.25, 0.3) is 0 Å². The fourth-order valence-corrected chi connectivity index (χ4v) is 5.92. The number of fused-ring (bicyclic) bond motifs is 5. The van der Waals surface area contributed by atoms with E-state index in [0.29, 0.717) is 41.0 Å². The van der Waals surface area contributed by atoms with Crippen LogP contribution in [0.4, 0.5) is 0 Å². The zero-order valence-electron chi connectivity index (χ0n) is 24.6. The van der Waals surface area contributed by atoms with Gasteiger partial charge in [-0.2, -0.15) is 0 Å². The molecule has 6 nitrogen and oxygen atoms in total. The largest absolute Gasteiger partial charge is 0.482 e. The highest BCUT2D eigenvalue weighted by atomic mass is 16.5. The van der Waals surface area contributed by atoms with Gasteiger partial charge in [0.05, 0.1) is 0 Å². The van der Waals surface area contributed by atoms with E-state index in [0.717, 1.165) is 69.8 Å². The Balaban J connectivity index is 1.62. The van der Waals surface area contributed by atoms with Crippen LogP contribution in [0.1, 0.15) is 144 Å². The lowest BCUT2D eigenvalue weighted by molar-refractivity contribution is -0.134. The third kappa shape index (κ3) is 6.11. The maximum Gasteiger partial charge on any atom is 0.311 e. The Morgan fingerprint density at radius 1 is 0.925 bits per heavy atom. The number of unbranched alkanes of at least 4 members (excludes halogenated alkanes) is 8. The van der Waals surface area contributed by atoms with Crippen molar-refractivity contribution in [2.24, 2.45) is 0 Å². The molecule has 2 aromatic rings. The van der Waals surface area contributed by atoms with Gasteiger partial charge in [-0.15, -0.1) is 0 Å². The lowest BCUT2D eigenvalue weighted by Crippen LogP contribution is -2.51. The highest BCUT2D eigenvalue weighted by Gasteiger charge is 2.62. The summed E-state index contributed by atoms with van der Waals surface area (Å²) in [6.07, 6.45) is 10.2. The van der Waals surface area contributed by atoms with E-state index in [4.69, 9.17) is 9.47 Å². The van der Waals surface area contributed by atoms with Crippen LogP contribution >= 0.6 is 0 Å². The average molecular weight is 548 g/mol. The van der Waals surface area contributed by atoms with Crippen molar-refractivity contribution in [3.63, 3.8) is 0 Å². The van der Waals surface area contributed by atoms with Crippen LogP contribution in [0.3, 0.4) is 0 Å². The first-order valence-electron chi connectivity index (χ1n) is 15.3. The number of hydrogen-bond acceptors (Lipinski definition) is 5. The SMILES string of the molecule is CCCCCCCC(=O)NC12C(=O)c3cccc(OC(=O)CCCCCCC)c3C1Oc1cc(C(C)C)ccc12. The molecule has 1 amide bonds. The fourth-order valence-electron chi connectivity index (χ4n) is 5.92. The molecule has 0 saturated heterocycles. The molecule has 0 radical (unpaired) electrons. The van der Waals surface area contributed by atoms with Crippen LogP contribution in [0, 0.1) is 0 Å². The van der Waals surface area contributed by atoms with E-state index in [1.807, 2.05) is 18.2 Å². The summed E-state index contributed by atoms with van der Waals surface area (Å²) in [7, 11) is 0. The molecule has 1 aliphatic carbocycles. The number of esters is 1. The molecular formula is C34H45NO5. The molecule has 0 aromatic heterocycles. The minimum Gasteiger partial charge on any atom is -0.482 e. The van der Waals surface area contributed by atoms with E-state index in [-0.39, 0.29) is 23.6 Å². The van der Waals surface area contributed by atoms with E-state index in [1.165, 1.54) is 0 Å². The molecule has 2 aromatic carbocycles. The topological polar surface area (TPSA) is 81.7 Å². The second-order valence-corrected chi connectivity index (χ2v) is 11.6. The number of carbonyl (C=O) groups is 3. The maximum absolute atomic E-state index is 14.2. The average Bonchev–Trinajstić information content (AvgIpc) is 3.37. The third-order valence-corrected chi connectivity index (χ3v) is 8.22. The van der Waals surface area contributed by atoms with Gasteiger partial charge in [0.25, 0.3) is 0 Å². The van der Waals surface area contributed by atoms with Crippen LogP contribution < -0.4 is 14.8 Å². The van der Waals surface area contributed by atoms with Gasteiger partial charge in [-0.3, -0.25) is 14.4 Å². The van der Waals surface area contributed by atoms with Gasteiger partial charge < -0.3 is 14.8 Å². The molecule has 1 heterocycles. The molecule has 2 unspecified atom stereocenters. The van der Waals surface area contributed by atoms with E-state index >= 15 is 0 Å². The maximum atomic E-state index is 14.2. The van der Waals surface area contributed by atoms with Gasteiger partial charge in [0, 0.05) is 29.5 Å². The normalized spacial score (nSPS) is 18.7. The van der Waals surface area contributed by atoms with Crippen molar-refractivity contribution >= 4 is 17.7 Å². The number of amides is 1. The summed E-state index contributed by atoms with van der Waals surface area (Å²) >= 11 is 0. The molecule has 2 aliphatic rings. The predicted molar refractivity (Wildman–Crippen MR) is 157 cm³/mol. The molecule has 4 rings (SSSR count). The van der Waals surface area contributed by atoms with Crippen LogP contribution in [0.15, 0.2) is 36.4 Å². The lowest BCUT2D eigenvalue weighted by atomic mass is 9.84. The van der Waals surface area contributed by atoms with E-state index < -0.39 is 11.6 Å². The smallest absolute Gasteiger partial charge is 0.311 e. The number of nitrogens with one attached hydrogen (secondary N) is 1. The van der Waals surface area contributed by atoms with Crippen LogP contribution in [-0.2, 0) is 15.1 Å². The number of ketones is 1. The van der Waals surface area contributed by atoms with Crippen molar-refractivity contribution in [1.82, 2.24) is 5.32 Å². The molecule has 0 saturated carbocycles. The minimum atomic E-state index is -1.38. The van der Waals surface area contributed by atoms with Crippen molar-refractivity contribution in [2.45, 2.75) is 122 Å². The highest BCUT2D eigenvalue weighted by Crippen LogP contribution is 2.58. The number of rotatable bonds is 15. The number of Topliss-reactive ketones (excluding diaryl/α,β-unsaturated/α-hetero) is 1. The first kappa shape index (κ1) is 29.8. The second-order valence-electron chi connectivity index (χ2n) is 11.6. The van der Waals surface area contributed by atoms with Gasteiger partial charge in [0.15, 0.2) is 17.4 Å². The van der Waals surface area contributed by atoms with Crippen LogP contribution in [-0.4, -0.2) is 17.7 Å². The molecule has 40 heavy (non-hydrogen) atoms. The molecule has 216 valence electrons. The molecule has 0 fully saturated rings. The van der Waals surface area contributed by atoms with Gasteiger partial charge in [-0.1, -0.05) is 103 Å². The predicted octanol–water partition coefficient (Wildman–Crippen LogP) is 8.08. The van der Waals surface area contributed by atoms with Crippen molar-refractivity contribution in [3.05, 3.63) is 58.7 Å². The monoisotopic (exact) mass is 547 g/mol. The molecular weight excluding hydrogens is 502 g/mol. The van der Waals surface area contributed by atoms with Crippen molar-refractivity contribution < 1.29 is 23.9 Å². The van der Waals surface area contributed by atoms with Gasteiger partial charge in [-0.25, -0.2) is 0 Å². The number of carbonyl (C=O) groups excluding carboxylic acids is 3. The van der Waals surface area contributed by atoms with Gasteiger partial charge in [0.1, 0.15) is 11.5 Å². The van der Waals surface area contributed by atoms with E-state index in [1.54, 1.807) is 18.2 Å². The van der Waals surface area contributed by atoms with Gasteiger partial charge in [0.2, 0.25) is 5.91 Å². The van der Waals surface area contributed by atoms with Gasteiger partial charge >= 0.3 is 5.97 Å². The number of hydrogen-bond donors (Lipinski definition) is 1. The van der Waals surface area contributed by atoms with Crippen molar-refractivity contribution in [1.29, 1.82) is 0 Å². The van der Waals surface area contributed by atoms with Gasteiger partial charge in [-0.05, 0) is 36.5 Å². The van der Waals surface area contributed by atoms with Crippen LogP contribution in [0.5, 0.6) is 11.5 Å². The Kier molecular flexibility index (Phi) is 10.0. The zero-order chi connectivity index (χ0) is 28.7. The molecule has 0 bridgehead atoms. The summed E-state index contributed by atoms with van der Waals surface area (Å²) in [5, 5.41) is 3.13. The molecule has 1 aliphatic heterocycles. The summed E-state index contributed by atoms with van der Waals surface area (Å²) in [5.74, 6) is 0.499. The first-order chi connectivity index (χ1) is 19.3. The first-order valence-corrected chi connectivity index (χ1v) is 15.3. The van der Waals surface area contributed by atoms with Crippen LogP contribution in [0.2, 0.25) is 0 Å². The van der Waals surface area contributed by atoms with Crippen molar-refractivity contribution in [2.75, 3.05) is 0 Å². The Morgan fingerprint density at radius 2 is 1.60 bits per heavy atom. The lowest BCUT2D eigenvalue weighted by Gasteiger charge is -2.28. The Morgan fingerprint density at radius 3 is 2.27 bits per heavy atom. The summed E-state index contributed by atoms with van der Waals surface area (Å²) in [4.78, 5) is 40.3. The Hall–Kier alpha value is -3.15. The minimum absolute atomic E-state index is 0.169. The summed E-state index contributed by atoms with van der Waals surface area (Å²) < 4.78 is 12.4. The summed E-state index contributed by atoms with van der Waals surface area (Å²) in [6.45, 7) is 8.53. The number of benzene rings is 2. The summed E-state index contributed by atoms with van der Waals surface area (Å²) in [5.41, 5.74) is 1.34. The third-order valence-electron chi connectivity index (χ3n) is 8.22.